The Morgan fingerprint density at radius 2 is 1.57 bits per heavy atom. The molecule has 0 fully saturated rings. The number of para-hydroxylation sites is 3. The fourth-order valence-corrected chi connectivity index (χ4v) is 4.69. The number of rotatable bonds is 4. The Bertz CT molecular complexity index is 1190. The third-order valence-electron chi connectivity index (χ3n) is 5.16. The zero-order chi connectivity index (χ0) is 25.3. The molecule has 4 rings (SSSR count). The number of hydrogen-bond donors (Lipinski definition) is 0. The molecule has 0 bridgehead atoms. The summed E-state index contributed by atoms with van der Waals surface area (Å²) in [4.78, 5) is 9.58. The second-order valence-electron chi connectivity index (χ2n) is 8.83. The van der Waals surface area contributed by atoms with E-state index in [1.165, 1.54) is 0 Å². The number of fused-ring (bicyclic) bond motifs is 3. The maximum atomic E-state index is 6.19. The first-order valence-corrected chi connectivity index (χ1v) is 14.8. The van der Waals surface area contributed by atoms with Gasteiger partial charge >= 0.3 is 204 Å². The van der Waals surface area contributed by atoms with Gasteiger partial charge in [-0.3, -0.25) is 0 Å². The second-order valence-corrected chi connectivity index (χ2v) is 10.2. The summed E-state index contributed by atoms with van der Waals surface area (Å²) in [5.41, 5.74) is 4.30. The van der Waals surface area contributed by atoms with Crippen LogP contribution in [0.15, 0.2) is 76.7 Å². The molecule has 181 valence electrons. The molecule has 0 atom stereocenters. The van der Waals surface area contributed by atoms with Crippen molar-refractivity contribution in [3.05, 3.63) is 77.9 Å². The summed E-state index contributed by atoms with van der Waals surface area (Å²) in [6.07, 6.45) is 1.82. The van der Waals surface area contributed by atoms with E-state index < -0.39 is 18.1 Å². The van der Waals surface area contributed by atoms with Gasteiger partial charge in [0.2, 0.25) is 0 Å². The first-order chi connectivity index (χ1) is 16.9. The van der Waals surface area contributed by atoms with Gasteiger partial charge < -0.3 is 0 Å². The van der Waals surface area contributed by atoms with Crippen LogP contribution in [0.3, 0.4) is 0 Å². The molecule has 0 spiro atoms. The molecule has 6 nitrogen and oxygen atoms in total. The summed E-state index contributed by atoms with van der Waals surface area (Å²) in [7, 11) is 6.44. The molecule has 35 heavy (non-hydrogen) atoms. The number of ether oxygens (including phenoxy) is 1. The van der Waals surface area contributed by atoms with Crippen LogP contribution in [0, 0.1) is 0 Å². The number of alkyl halides is 1. The Kier molecular flexibility index (Phi) is 10.0. The first kappa shape index (κ1) is 27.1. The monoisotopic (exact) mass is 593 g/mol. The maximum absolute atomic E-state index is 6.19. The molecule has 1 radical (unpaired) electrons. The Morgan fingerprint density at radius 3 is 2.34 bits per heavy atom. The normalized spacial score (nSPS) is 12.7. The molecule has 1 aliphatic heterocycles. The number of hydrogen-bond acceptors (Lipinski definition) is 5. The SMILES string of the molecule is CBr.CC1=Nc2ccccc2N=Cc2ccc(OCC[N+](C)(C)C)cc2[O][Ga][O]c2ccccc21. The number of benzene rings is 3. The molecule has 0 saturated carbocycles. The molecule has 1 aliphatic rings. The number of halogens is 1. The fraction of sp³-hybridized carbons (Fsp3) is 0.259. The second kappa shape index (κ2) is 13.0. The molecule has 0 saturated heterocycles. The van der Waals surface area contributed by atoms with Crippen molar-refractivity contribution in [2.45, 2.75) is 6.92 Å². The predicted molar refractivity (Wildman–Crippen MR) is 149 cm³/mol. The Hall–Kier alpha value is -2.52. The van der Waals surface area contributed by atoms with Crippen LogP contribution in [0.2, 0.25) is 0 Å². The number of aliphatic imine (C=N–C) groups is 2. The van der Waals surface area contributed by atoms with Gasteiger partial charge in [-0.05, 0) is 5.83 Å². The minimum atomic E-state index is -1.54. The van der Waals surface area contributed by atoms with E-state index in [0.29, 0.717) is 12.4 Å². The third-order valence-corrected chi connectivity index (χ3v) is 6.62. The number of likely N-dealkylation sites (N-methyl/N-ethyl adjacent to an activating group) is 1. The van der Waals surface area contributed by atoms with E-state index in [1.54, 1.807) is 0 Å². The molecule has 0 amide bonds. The number of nitrogens with zero attached hydrogens (tertiary/aromatic N) is 3. The topological polar surface area (TPSA) is 52.4 Å². The van der Waals surface area contributed by atoms with Crippen molar-refractivity contribution in [3.8, 4) is 17.2 Å². The van der Waals surface area contributed by atoms with E-state index >= 15 is 0 Å². The summed E-state index contributed by atoms with van der Waals surface area (Å²) in [5, 5.41) is 0. The van der Waals surface area contributed by atoms with E-state index in [0.717, 1.165) is 50.7 Å². The summed E-state index contributed by atoms with van der Waals surface area (Å²) >= 11 is 1.40. The van der Waals surface area contributed by atoms with Crippen molar-refractivity contribution >= 4 is 57.4 Å². The molecule has 3 aromatic rings. The van der Waals surface area contributed by atoms with E-state index in [1.807, 2.05) is 85.7 Å². The van der Waals surface area contributed by atoms with Crippen molar-refractivity contribution in [1.82, 2.24) is 0 Å². The molecule has 8 heteroatoms. The van der Waals surface area contributed by atoms with Crippen LogP contribution in [0.25, 0.3) is 0 Å². The zero-order valence-corrected chi connectivity index (χ0v) is 24.9. The van der Waals surface area contributed by atoms with Crippen LogP contribution in [-0.2, 0) is 0 Å². The Morgan fingerprint density at radius 1 is 0.886 bits per heavy atom. The average Bonchev–Trinajstić information content (AvgIpc) is 2.85. The van der Waals surface area contributed by atoms with Gasteiger partial charge in [0.25, 0.3) is 0 Å². The van der Waals surface area contributed by atoms with Crippen LogP contribution in [-0.4, -0.2) is 74.7 Å². The van der Waals surface area contributed by atoms with Gasteiger partial charge in [0.1, 0.15) is 0 Å². The summed E-state index contributed by atoms with van der Waals surface area (Å²) in [5.74, 6) is 4.09. The van der Waals surface area contributed by atoms with Crippen LogP contribution >= 0.6 is 15.9 Å². The van der Waals surface area contributed by atoms with Crippen LogP contribution in [0.1, 0.15) is 18.1 Å². The summed E-state index contributed by atoms with van der Waals surface area (Å²) in [6, 6.07) is 21.7. The van der Waals surface area contributed by atoms with E-state index in [4.69, 9.17) is 21.8 Å². The third kappa shape index (κ3) is 8.00. The molecule has 0 aromatic heterocycles. The zero-order valence-electron chi connectivity index (χ0n) is 20.9. The van der Waals surface area contributed by atoms with Crippen LogP contribution in [0.5, 0.6) is 17.2 Å². The van der Waals surface area contributed by atoms with Crippen LogP contribution < -0.4 is 11.8 Å². The van der Waals surface area contributed by atoms with Gasteiger partial charge in [0, 0.05) is 0 Å². The summed E-state index contributed by atoms with van der Waals surface area (Å²) < 4.78 is 19.2. The Labute approximate surface area is 225 Å². The van der Waals surface area contributed by atoms with Crippen molar-refractivity contribution in [3.63, 3.8) is 0 Å². The van der Waals surface area contributed by atoms with E-state index in [2.05, 4.69) is 37.1 Å². The molecule has 0 N–H and O–H groups in total. The van der Waals surface area contributed by atoms with Gasteiger partial charge in [-0.25, -0.2) is 0 Å². The van der Waals surface area contributed by atoms with Crippen molar-refractivity contribution in [2.75, 3.05) is 40.1 Å². The molecule has 0 unspecified atom stereocenters. The van der Waals surface area contributed by atoms with E-state index in [9.17, 15) is 0 Å². The fourth-order valence-electron chi connectivity index (χ4n) is 3.29. The molecular formula is C27H31BrGaN3O3+. The average molecular weight is 595 g/mol. The van der Waals surface area contributed by atoms with Crippen molar-refractivity contribution < 1.29 is 16.3 Å². The number of quaternary nitrogens is 1. The molecule has 3 aromatic carbocycles. The summed E-state index contributed by atoms with van der Waals surface area (Å²) in [6.45, 7) is 3.52. The van der Waals surface area contributed by atoms with E-state index in [-0.39, 0.29) is 0 Å². The molecular weight excluding hydrogens is 564 g/mol. The molecule has 0 aliphatic carbocycles. The van der Waals surface area contributed by atoms with Crippen LogP contribution in [0.4, 0.5) is 11.4 Å². The van der Waals surface area contributed by atoms with Crippen molar-refractivity contribution in [1.29, 1.82) is 0 Å². The van der Waals surface area contributed by atoms with Gasteiger partial charge in [-0.1, -0.05) is 15.9 Å². The van der Waals surface area contributed by atoms with Gasteiger partial charge in [0.15, 0.2) is 0 Å². The van der Waals surface area contributed by atoms with Gasteiger partial charge in [-0.2, -0.15) is 0 Å². The Balaban J connectivity index is 0.00000167. The minimum absolute atomic E-state index is 0.628. The standard InChI is InChI=1S/C26H29N3O3.CH3Br.Ga/c1-19(22-9-5-8-12-25(22)30)28-24-11-7-6-10-23(24)27-18-20-13-14-21(17-26(20)31)32-16-15-29(2,3)4;1-2;/h5-14,17-18H,15-16H2,1-4H3,(H-,27,28,30,31);1H3;/q;;+2/p-1. The van der Waals surface area contributed by atoms with Gasteiger partial charge in [0.05, 0.1) is 0 Å². The molecule has 1 heterocycles. The van der Waals surface area contributed by atoms with Crippen molar-refractivity contribution in [2.24, 2.45) is 9.98 Å². The van der Waals surface area contributed by atoms with Gasteiger partial charge in [-0.15, -0.1) is 0 Å². The first-order valence-electron chi connectivity index (χ1n) is 11.3. The quantitative estimate of drug-likeness (QED) is 0.212. The predicted octanol–water partition coefficient (Wildman–Crippen LogP) is 5.98.